The van der Waals surface area contributed by atoms with Crippen molar-refractivity contribution < 1.29 is 9.90 Å². The van der Waals surface area contributed by atoms with Crippen LogP contribution >= 0.6 is 0 Å². The quantitative estimate of drug-likeness (QED) is 0.642. The van der Waals surface area contributed by atoms with Gasteiger partial charge >= 0.3 is 0 Å². The van der Waals surface area contributed by atoms with Crippen molar-refractivity contribution in [2.24, 2.45) is 23.5 Å². The molecule has 4 nitrogen and oxygen atoms in total. The molecule has 1 rings (SSSR count). The average Bonchev–Trinajstić information content (AvgIpc) is 2.42. The van der Waals surface area contributed by atoms with Gasteiger partial charge in [0.2, 0.25) is 5.91 Å². The van der Waals surface area contributed by atoms with Gasteiger partial charge in [-0.25, -0.2) is 0 Å². The summed E-state index contributed by atoms with van der Waals surface area (Å²) in [6, 6.07) is 0. The van der Waals surface area contributed by atoms with E-state index in [2.05, 4.69) is 12.2 Å². The monoisotopic (exact) mass is 256 g/mol. The normalized spacial score (nSPS) is 25.7. The van der Waals surface area contributed by atoms with Crippen LogP contribution < -0.4 is 11.1 Å². The molecule has 1 aliphatic rings. The van der Waals surface area contributed by atoms with Gasteiger partial charge in [0.05, 0.1) is 5.92 Å². The van der Waals surface area contributed by atoms with Gasteiger partial charge in [-0.05, 0) is 31.1 Å². The summed E-state index contributed by atoms with van der Waals surface area (Å²) < 4.78 is 0. The molecule has 0 spiro atoms. The molecular formula is C14H28N2O2. The number of amides is 1. The van der Waals surface area contributed by atoms with Crippen LogP contribution in [0.4, 0.5) is 0 Å². The van der Waals surface area contributed by atoms with Gasteiger partial charge in [0.25, 0.3) is 0 Å². The molecule has 0 bridgehead atoms. The average molecular weight is 256 g/mol. The van der Waals surface area contributed by atoms with E-state index in [-0.39, 0.29) is 18.4 Å². The van der Waals surface area contributed by atoms with Crippen LogP contribution in [0.2, 0.25) is 0 Å². The molecule has 1 saturated carbocycles. The van der Waals surface area contributed by atoms with Gasteiger partial charge in [-0.1, -0.05) is 26.2 Å². The van der Waals surface area contributed by atoms with Gasteiger partial charge in [-0.15, -0.1) is 0 Å². The molecule has 4 N–H and O–H groups in total. The Hall–Kier alpha value is -0.610. The molecule has 0 saturated heterocycles. The number of nitrogens with two attached hydrogens (primary N) is 1. The topological polar surface area (TPSA) is 75.4 Å². The fourth-order valence-corrected chi connectivity index (χ4v) is 2.87. The highest BCUT2D eigenvalue weighted by molar-refractivity contribution is 5.78. The van der Waals surface area contributed by atoms with Crippen LogP contribution in [-0.4, -0.2) is 30.7 Å². The Kier molecular flexibility index (Phi) is 7.28. The first kappa shape index (κ1) is 15.4. The highest BCUT2D eigenvalue weighted by Crippen LogP contribution is 2.29. The van der Waals surface area contributed by atoms with Crippen LogP contribution in [0.15, 0.2) is 0 Å². The SMILES string of the molecule is CCCC(CN)C(=O)NCC1CCCCC1CO. The van der Waals surface area contributed by atoms with Crippen molar-refractivity contribution in [3.8, 4) is 0 Å². The molecule has 0 aliphatic heterocycles. The Morgan fingerprint density at radius 3 is 2.61 bits per heavy atom. The second-order valence-electron chi connectivity index (χ2n) is 5.45. The minimum atomic E-state index is -0.0498. The van der Waals surface area contributed by atoms with Crippen molar-refractivity contribution in [1.82, 2.24) is 5.32 Å². The number of carbonyl (C=O) groups excluding carboxylic acids is 1. The highest BCUT2D eigenvalue weighted by atomic mass is 16.3. The number of hydrogen-bond donors (Lipinski definition) is 3. The maximum atomic E-state index is 11.9. The lowest BCUT2D eigenvalue weighted by molar-refractivity contribution is -0.125. The summed E-state index contributed by atoms with van der Waals surface area (Å²) in [6.07, 6.45) is 6.47. The maximum absolute atomic E-state index is 11.9. The smallest absolute Gasteiger partial charge is 0.224 e. The van der Waals surface area contributed by atoms with Gasteiger partial charge in [0.1, 0.15) is 0 Å². The molecule has 18 heavy (non-hydrogen) atoms. The zero-order valence-electron chi connectivity index (χ0n) is 11.5. The predicted molar refractivity (Wildman–Crippen MR) is 73.0 cm³/mol. The predicted octanol–water partition coefficient (Wildman–Crippen LogP) is 1.28. The van der Waals surface area contributed by atoms with Crippen molar-refractivity contribution in [2.75, 3.05) is 19.7 Å². The second-order valence-corrected chi connectivity index (χ2v) is 5.45. The first-order chi connectivity index (χ1) is 8.72. The Labute approximate surface area is 110 Å². The zero-order valence-corrected chi connectivity index (χ0v) is 11.5. The lowest BCUT2D eigenvalue weighted by atomic mass is 9.79. The van der Waals surface area contributed by atoms with E-state index in [0.29, 0.717) is 24.9 Å². The molecule has 1 fully saturated rings. The van der Waals surface area contributed by atoms with Crippen LogP contribution in [0.3, 0.4) is 0 Å². The van der Waals surface area contributed by atoms with Crippen LogP contribution in [0.5, 0.6) is 0 Å². The summed E-state index contributed by atoms with van der Waals surface area (Å²) in [5.41, 5.74) is 5.62. The van der Waals surface area contributed by atoms with E-state index in [9.17, 15) is 9.90 Å². The number of aliphatic hydroxyl groups excluding tert-OH is 1. The minimum Gasteiger partial charge on any atom is -0.396 e. The summed E-state index contributed by atoms with van der Waals surface area (Å²) in [5, 5.41) is 12.4. The van der Waals surface area contributed by atoms with E-state index in [4.69, 9.17) is 5.73 Å². The Bertz CT molecular complexity index is 246. The third-order valence-electron chi connectivity index (χ3n) is 4.13. The van der Waals surface area contributed by atoms with Crippen LogP contribution in [0.25, 0.3) is 0 Å². The van der Waals surface area contributed by atoms with Crippen molar-refractivity contribution in [2.45, 2.75) is 45.4 Å². The van der Waals surface area contributed by atoms with Gasteiger partial charge in [0.15, 0.2) is 0 Å². The standard InChI is InChI=1S/C14H28N2O2/c1-2-5-11(8-15)14(18)16-9-12-6-3-4-7-13(12)10-17/h11-13,17H,2-10,15H2,1H3,(H,16,18). The van der Waals surface area contributed by atoms with Crippen molar-refractivity contribution in [1.29, 1.82) is 0 Å². The minimum absolute atomic E-state index is 0.0498. The van der Waals surface area contributed by atoms with E-state index < -0.39 is 0 Å². The van der Waals surface area contributed by atoms with Crippen molar-refractivity contribution >= 4 is 5.91 Å². The molecule has 0 aromatic rings. The number of rotatable bonds is 7. The number of carbonyl (C=O) groups is 1. The fraction of sp³-hybridized carbons (Fsp3) is 0.929. The zero-order chi connectivity index (χ0) is 13.4. The molecule has 0 aromatic carbocycles. The van der Waals surface area contributed by atoms with E-state index in [0.717, 1.165) is 25.7 Å². The van der Waals surface area contributed by atoms with Crippen LogP contribution in [-0.2, 0) is 4.79 Å². The summed E-state index contributed by atoms with van der Waals surface area (Å²) in [6.45, 7) is 3.44. The lowest BCUT2D eigenvalue weighted by Crippen LogP contribution is -2.40. The fourth-order valence-electron chi connectivity index (χ4n) is 2.87. The van der Waals surface area contributed by atoms with Crippen molar-refractivity contribution in [3.05, 3.63) is 0 Å². The summed E-state index contributed by atoms with van der Waals surface area (Å²) in [7, 11) is 0. The largest absolute Gasteiger partial charge is 0.396 e. The molecule has 1 amide bonds. The number of nitrogens with one attached hydrogen (secondary N) is 1. The number of hydrogen-bond acceptors (Lipinski definition) is 3. The first-order valence-electron chi connectivity index (χ1n) is 7.31. The van der Waals surface area contributed by atoms with Crippen LogP contribution in [0.1, 0.15) is 45.4 Å². The molecule has 3 unspecified atom stereocenters. The van der Waals surface area contributed by atoms with E-state index in [1.54, 1.807) is 0 Å². The lowest BCUT2D eigenvalue weighted by Gasteiger charge is -2.30. The van der Waals surface area contributed by atoms with E-state index in [1.807, 2.05) is 0 Å². The van der Waals surface area contributed by atoms with Crippen molar-refractivity contribution in [3.63, 3.8) is 0 Å². The molecule has 106 valence electrons. The molecular weight excluding hydrogens is 228 g/mol. The second kappa shape index (κ2) is 8.48. The molecule has 4 heteroatoms. The Morgan fingerprint density at radius 2 is 2.06 bits per heavy atom. The van der Waals surface area contributed by atoms with E-state index >= 15 is 0 Å². The Balaban J connectivity index is 2.35. The summed E-state index contributed by atoms with van der Waals surface area (Å²) in [5.74, 6) is 0.835. The van der Waals surface area contributed by atoms with E-state index in [1.165, 1.54) is 12.8 Å². The van der Waals surface area contributed by atoms with Gasteiger partial charge in [0, 0.05) is 19.7 Å². The molecule has 0 aromatic heterocycles. The first-order valence-corrected chi connectivity index (χ1v) is 7.31. The van der Waals surface area contributed by atoms with Gasteiger partial charge in [-0.2, -0.15) is 0 Å². The third-order valence-corrected chi connectivity index (χ3v) is 4.13. The van der Waals surface area contributed by atoms with Gasteiger partial charge < -0.3 is 16.2 Å². The molecule has 0 heterocycles. The summed E-state index contributed by atoms with van der Waals surface area (Å²) >= 11 is 0. The Morgan fingerprint density at radius 1 is 1.39 bits per heavy atom. The molecule has 1 aliphatic carbocycles. The maximum Gasteiger partial charge on any atom is 0.224 e. The molecule has 0 radical (unpaired) electrons. The number of aliphatic hydroxyl groups is 1. The van der Waals surface area contributed by atoms with Gasteiger partial charge in [-0.3, -0.25) is 4.79 Å². The summed E-state index contributed by atoms with van der Waals surface area (Å²) in [4.78, 5) is 11.9. The highest BCUT2D eigenvalue weighted by Gasteiger charge is 2.25. The molecule has 3 atom stereocenters. The van der Waals surface area contributed by atoms with Crippen LogP contribution in [0, 0.1) is 17.8 Å². The third kappa shape index (κ3) is 4.58.